The molecular weight excluding hydrogens is 348 g/mol. The van der Waals surface area contributed by atoms with Crippen LogP contribution in [0.25, 0.3) is 0 Å². The van der Waals surface area contributed by atoms with E-state index in [9.17, 15) is 4.79 Å². The maximum absolute atomic E-state index is 11.0. The minimum Gasteiger partial charge on any atom is -0.495 e. The van der Waals surface area contributed by atoms with Crippen molar-refractivity contribution in [2.45, 2.75) is 20.1 Å². The number of esters is 1. The van der Waals surface area contributed by atoms with Gasteiger partial charge in [-0.3, -0.25) is 4.79 Å². The van der Waals surface area contributed by atoms with Gasteiger partial charge >= 0.3 is 5.97 Å². The predicted octanol–water partition coefficient (Wildman–Crippen LogP) is 4.10. The van der Waals surface area contributed by atoms with Gasteiger partial charge in [-0.15, -0.1) is 0 Å². The van der Waals surface area contributed by atoms with E-state index in [0.29, 0.717) is 18.1 Å². The van der Waals surface area contributed by atoms with Crippen molar-refractivity contribution < 1.29 is 19.0 Å². The van der Waals surface area contributed by atoms with Crippen LogP contribution >= 0.6 is 15.9 Å². The van der Waals surface area contributed by atoms with E-state index >= 15 is 0 Å². The lowest BCUT2D eigenvalue weighted by Gasteiger charge is -2.14. The lowest BCUT2D eigenvalue weighted by Crippen LogP contribution is -2.04. The Hall–Kier alpha value is -2.01. The van der Waals surface area contributed by atoms with Gasteiger partial charge in [-0.1, -0.05) is 30.3 Å². The van der Waals surface area contributed by atoms with E-state index in [1.165, 1.54) is 6.92 Å². The molecule has 0 amide bonds. The van der Waals surface area contributed by atoms with E-state index in [2.05, 4.69) is 15.9 Å². The van der Waals surface area contributed by atoms with E-state index in [-0.39, 0.29) is 12.6 Å². The van der Waals surface area contributed by atoms with Gasteiger partial charge < -0.3 is 14.2 Å². The highest BCUT2D eigenvalue weighted by molar-refractivity contribution is 9.10. The zero-order valence-electron chi connectivity index (χ0n) is 12.5. The second kappa shape index (κ2) is 7.84. The van der Waals surface area contributed by atoms with Crippen molar-refractivity contribution in [3.63, 3.8) is 0 Å². The molecule has 5 heteroatoms. The molecule has 0 aliphatic heterocycles. The highest BCUT2D eigenvalue weighted by atomic mass is 79.9. The molecule has 0 aliphatic rings. The molecule has 0 spiro atoms. The Morgan fingerprint density at radius 2 is 1.82 bits per heavy atom. The van der Waals surface area contributed by atoms with Gasteiger partial charge in [-0.05, 0) is 27.6 Å². The number of hydrogen-bond donors (Lipinski definition) is 0. The summed E-state index contributed by atoms with van der Waals surface area (Å²) < 4.78 is 17.0. The van der Waals surface area contributed by atoms with Crippen molar-refractivity contribution in [3.05, 3.63) is 58.1 Å². The quantitative estimate of drug-likeness (QED) is 0.723. The molecule has 116 valence electrons. The molecule has 0 atom stereocenters. The number of ether oxygens (including phenoxy) is 3. The van der Waals surface area contributed by atoms with Crippen LogP contribution in [0.5, 0.6) is 11.5 Å². The van der Waals surface area contributed by atoms with Gasteiger partial charge in [0, 0.05) is 18.6 Å². The zero-order chi connectivity index (χ0) is 15.9. The molecule has 4 nitrogen and oxygen atoms in total. The van der Waals surface area contributed by atoms with E-state index in [0.717, 1.165) is 15.6 Å². The lowest BCUT2D eigenvalue weighted by atomic mass is 10.2. The summed E-state index contributed by atoms with van der Waals surface area (Å²) in [5, 5.41) is 0. The fraction of sp³-hybridized carbons (Fsp3) is 0.235. The van der Waals surface area contributed by atoms with Crippen molar-refractivity contribution >= 4 is 21.9 Å². The Kier molecular flexibility index (Phi) is 5.83. The Morgan fingerprint density at radius 3 is 2.45 bits per heavy atom. The first-order valence-electron chi connectivity index (χ1n) is 6.76. The van der Waals surface area contributed by atoms with Gasteiger partial charge in [0.2, 0.25) is 0 Å². The molecule has 0 unspecified atom stereocenters. The van der Waals surface area contributed by atoms with Crippen LogP contribution in [0.1, 0.15) is 18.1 Å². The second-order valence-electron chi connectivity index (χ2n) is 4.65. The molecule has 0 aliphatic carbocycles. The first-order chi connectivity index (χ1) is 10.6. The van der Waals surface area contributed by atoms with Crippen molar-refractivity contribution in [2.75, 3.05) is 7.11 Å². The molecule has 22 heavy (non-hydrogen) atoms. The minimum atomic E-state index is -0.332. The topological polar surface area (TPSA) is 44.8 Å². The van der Waals surface area contributed by atoms with Crippen LogP contribution in [0.15, 0.2) is 46.9 Å². The van der Waals surface area contributed by atoms with E-state index in [1.807, 2.05) is 36.4 Å². The average Bonchev–Trinajstić information content (AvgIpc) is 2.52. The lowest BCUT2D eigenvalue weighted by molar-refractivity contribution is -0.142. The van der Waals surface area contributed by atoms with Crippen LogP contribution in [-0.2, 0) is 22.7 Å². The van der Waals surface area contributed by atoms with Gasteiger partial charge in [0.15, 0.2) is 0 Å². The summed E-state index contributed by atoms with van der Waals surface area (Å²) in [6.07, 6.45) is 0. The van der Waals surface area contributed by atoms with E-state index in [1.54, 1.807) is 13.2 Å². The number of hydrogen-bond acceptors (Lipinski definition) is 4. The third kappa shape index (κ3) is 4.49. The van der Waals surface area contributed by atoms with E-state index < -0.39 is 0 Å². The Morgan fingerprint density at radius 1 is 1.09 bits per heavy atom. The Labute approximate surface area is 138 Å². The first kappa shape index (κ1) is 16.4. The largest absolute Gasteiger partial charge is 0.495 e. The number of rotatable bonds is 6. The third-order valence-electron chi connectivity index (χ3n) is 3.00. The minimum absolute atomic E-state index is 0.155. The van der Waals surface area contributed by atoms with Gasteiger partial charge in [-0.25, -0.2) is 0 Å². The summed E-state index contributed by atoms with van der Waals surface area (Å²) in [6.45, 7) is 1.96. The molecular formula is C17H17BrO4. The standard InChI is InChI=1S/C17H17BrO4/c1-12(19)21-11-14-8-15(18)17(20-2)9-16(14)22-10-13-6-4-3-5-7-13/h3-9H,10-11H2,1-2H3. The van der Waals surface area contributed by atoms with Crippen molar-refractivity contribution in [1.29, 1.82) is 0 Å². The number of carbonyl (C=O) groups excluding carboxylic acids is 1. The molecule has 0 fully saturated rings. The predicted molar refractivity (Wildman–Crippen MR) is 86.9 cm³/mol. The van der Waals surface area contributed by atoms with Crippen LogP contribution in [-0.4, -0.2) is 13.1 Å². The molecule has 0 N–H and O–H groups in total. The van der Waals surface area contributed by atoms with Crippen molar-refractivity contribution in [3.8, 4) is 11.5 Å². The fourth-order valence-electron chi connectivity index (χ4n) is 1.89. The third-order valence-corrected chi connectivity index (χ3v) is 3.62. The normalized spacial score (nSPS) is 10.1. The Balaban J connectivity index is 2.20. The van der Waals surface area contributed by atoms with Gasteiger partial charge in [0.1, 0.15) is 24.7 Å². The van der Waals surface area contributed by atoms with Crippen LogP contribution in [0.2, 0.25) is 0 Å². The zero-order valence-corrected chi connectivity index (χ0v) is 14.1. The molecule has 2 aromatic carbocycles. The van der Waals surface area contributed by atoms with Crippen LogP contribution in [0.4, 0.5) is 0 Å². The SMILES string of the molecule is COc1cc(OCc2ccccc2)c(COC(C)=O)cc1Br. The molecule has 0 saturated carbocycles. The maximum atomic E-state index is 11.0. The monoisotopic (exact) mass is 364 g/mol. The summed E-state index contributed by atoms with van der Waals surface area (Å²) in [6, 6.07) is 13.5. The second-order valence-corrected chi connectivity index (χ2v) is 5.50. The van der Waals surface area contributed by atoms with E-state index in [4.69, 9.17) is 14.2 Å². The maximum Gasteiger partial charge on any atom is 0.302 e. The highest BCUT2D eigenvalue weighted by Crippen LogP contribution is 2.33. The van der Waals surface area contributed by atoms with Crippen molar-refractivity contribution in [2.24, 2.45) is 0 Å². The van der Waals surface area contributed by atoms with Crippen LogP contribution in [0.3, 0.4) is 0 Å². The molecule has 0 heterocycles. The summed E-state index contributed by atoms with van der Waals surface area (Å²) in [7, 11) is 1.59. The number of carbonyl (C=O) groups is 1. The van der Waals surface area contributed by atoms with Crippen molar-refractivity contribution in [1.82, 2.24) is 0 Å². The molecule has 0 saturated heterocycles. The average molecular weight is 365 g/mol. The number of halogens is 1. The molecule has 2 rings (SSSR count). The number of benzene rings is 2. The highest BCUT2D eigenvalue weighted by Gasteiger charge is 2.12. The molecule has 0 bridgehead atoms. The summed E-state index contributed by atoms with van der Waals surface area (Å²) >= 11 is 3.42. The summed E-state index contributed by atoms with van der Waals surface area (Å²) in [5.74, 6) is 0.959. The number of methoxy groups -OCH3 is 1. The summed E-state index contributed by atoms with van der Waals surface area (Å²) in [5.41, 5.74) is 1.83. The smallest absolute Gasteiger partial charge is 0.302 e. The first-order valence-corrected chi connectivity index (χ1v) is 7.56. The van der Waals surface area contributed by atoms with Gasteiger partial charge in [0.25, 0.3) is 0 Å². The van der Waals surface area contributed by atoms with Crippen LogP contribution < -0.4 is 9.47 Å². The molecule has 2 aromatic rings. The Bertz CT molecular complexity index is 641. The summed E-state index contributed by atoms with van der Waals surface area (Å²) in [4.78, 5) is 11.0. The van der Waals surface area contributed by atoms with Gasteiger partial charge in [0.05, 0.1) is 11.6 Å². The molecule has 0 aromatic heterocycles. The molecule has 0 radical (unpaired) electrons. The van der Waals surface area contributed by atoms with Gasteiger partial charge in [-0.2, -0.15) is 0 Å². The van der Waals surface area contributed by atoms with Crippen LogP contribution in [0, 0.1) is 0 Å². The fourth-order valence-corrected chi connectivity index (χ4v) is 2.45.